The lowest BCUT2D eigenvalue weighted by atomic mass is 10.0. The predicted octanol–water partition coefficient (Wildman–Crippen LogP) is 4.86. The van der Waals surface area contributed by atoms with Crippen LogP contribution >= 0.6 is 11.3 Å². The van der Waals surface area contributed by atoms with Crippen LogP contribution < -0.4 is 10.1 Å². The van der Waals surface area contributed by atoms with Gasteiger partial charge in [-0.15, -0.1) is 0 Å². The highest BCUT2D eigenvalue weighted by Crippen LogP contribution is 2.33. The van der Waals surface area contributed by atoms with Crippen molar-refractivity contribution in [2.45, 2.75) is 38.5 Å². The van der Waals surface area contributed by atoms with E-state index < -0.39 is 10.0 Å². The van der Waals surface area contributed by atoms with Crippen LogP contribution in [-0.2, 0) is 10.0 Å². The normalized spacial score (nSPS) is 16.7. The molecule has 194 valence electrons. The van der Waals surface area contributed by atoms with Gasteiger partial charge in [0.15, 0.2) is 0 Å². The SMILES string of the molecule is CCOc1cccc2sc(-n3nc(C)cc3NC(=O)c3ccc(S(=O)(=O)N4CCCC(C)C4)cc3)nc12. The fourth-order valence-corrected chi connectivity index (χ4v) is 7.04. The molecule has 2 aromatic heterocycles. The van der Waals surface area contributed by atoms with Gasteiger partial charge in [0.1, 0.15) is 17.1 Å². The molecule has 1 aliphatic rings. The predicted molar refractivity (Wildman–Crippen MR) is 144 cm³/mol. The van der Waals surface area contributed by atoms with Crippen LogP contribution in [-0.4, -0.2) is 53.1 Å². The highest BCUT2D eigenvalue weighted by molar-refractivity contribution is 7.89. The van der Waals surface area contributed by atoms with Crippen LogP contribution in [0.4, 0.5) is 5.82 Å². The van der Waals surface area contributed by atoms with Crippen molar-refractivity contribution >= 4 is 43.3 Å². The number of hydrogen-bond donors (Lipinski definition) is 1. The molecule has 1 unspecified atom stereocenters. The Morgan fingerprint density at radius 2 is 2.00 bits per heavy atom. The Bertz CT molecular complexity index is 1540. The largest absolute Gasteiger partial charge is 0.492 e. The molecule has 0 bridgehead atoms. The molecule has 11 heteroatoms. The lowest BCUT2D eigenvalue weighted by Crippen LogP contribution is -2.39. The van der Waals surface area contributed by atoms with E-state index in [0.717, 1.165) is 28.8 Å². The zero-order valence-electron chi connectivity index (χ0n) is 21.0. The van der Waals surface area contributed by atoms with Crippen LogP contribution in [0, 0.1) is 12.8 Å². The van der Waals surface area contributed by atoms with E-state index in [9.17, 15) is 13.2 Å². The molecule has 3 heterocycles. The summed E-state index contributed by atoms with van der Waals surface area (Å²) in [7, 11) is -3.59. The Morgan fingerprint density at radius 3 is 2.73 bits per heavy atom. The van der Waals surface area contributed by atoms with Crippen molar-refractivity contribution in [3.8, 4) is 10.9 Å². The average molecular weight is 540 g/mol. The van der Waals surface area contributed by atoms with Crippen molar-refractivity contribution in [1.82, 2.24) is 19.1 Å². The molecule has 0 radical (unpaired) electrons. The van der Waals surface area contributed by atoms with E-state index in [4.69, 9.17) is 9.72 Å². The molecular formula is C26H29N5O4S2. The molecule has 0 saturated carbocycles. The van der Waals surface area contributed by atoms with Gasteiger partial charge >= 0.3 is 0 Å². The third-order valence-electron chi connectivity index (χ3n) is 6.30. The molecule has 1 atom stereocenters. The van der Waals surface area contributed by atoms with Crippen LogP contribution in [0.2, 0.25) is 0 Å². The van der Waals surface area contributed by atoms with Gasteiger partial charge in [-0.2, -0.15) is 14.1 Å². The van der Waals surface area contributed by atoms with Gasteiger partial charge in [0.25, 0.3) is 5.91 Å². The number of amides is 1. The Kier molecular flexibility index (Phi) is 7.02. The minimum absolute atomic E-state index is 0.193. The Morgan fingerprint density at radius 1 is 1.22 bits per heavy atom. The first-order valence-corrected chi connectivity index (χ1v) is 14.5. The van der Waals surface area contributed by atoms with Gasteiger partial charge in [0.05, 0.1) is 21.9 Å². The zero-order valence-corrected chi connectivity index (χ0v) is 22.6. The van der Waals surface area contributed by atoms with E-state index in [0.29, 0.717) is 47.9 Å². The third-order valence-corrected chi connectivity index (χ3v) is 9.17. The second-order valence-corrected chi connectivity index (χ2v) is 12.2. The molecule has 0 spiro atoms. The Labute approximate surface area is 220 Å². The van der Waals surface area contributed by atoms with E-state index >= 15 is 0 Å². The molecule has 1 fully saturated rings. The van der Waals surface area contributed by atoms with Gasteiger partial charge in [-0.05, 0) is 69.0 Å². The standard InChI is InChI=1S/C26H29N5O4S2/c1-4-35-21-8-5-9-22-24(21)28-26(36-22)31-23(15-18(3)29-31)27-25(32)19-10-12-20(13-11-19)37(33,34)30-14-6-7-17(2)16-30/h5,8-13,15,17H,4,6-7,14,16H2,1-3H3,(H,27,32). The maximum Gasteiger partial charge on any atom is 0.256 e. The van der Waals surface area contributed by atoms with Crippen molar-refractivity contribution in [2.24, 2.45) is 5.92 Å². The number of aromatic nitrogens is 3. The van der Waals surface area contributed by atoms with Gasteiger partial charge in [0, 0.05) is 24.7 Å². The topological polar surface area (TPSA) is 106 Å². The fourth-order valence-electron chi connectivity index (χ4n) is 4.49. The van der Waals surface area contributed by atoms with E-state index in [-0.39, 0.29) is 10.8 Å². The molecule has 1 saturated heterocycles. The van der Waals surface area contributed by atoms with Crippen molar-refractivity contribution in [3.05, 3.63) is 59.8 Å². The number of benzene rings is 2. The summed E-state index contributed by atoms with van der Waals surface area (Å²) in [5, 5.41) is 8.02. The number of nitrogens with zero attached hydrogens (tertiary/aromatic N) is 4. The lowest BCUT2D eigenvalue weighted by Gasteiger charge is -2.30. The number of aryl methyl sites for hydroxylation is 1. The lowest BCUT2D eigenvalue weighted by molar-refractivity contribution is 0.102. The zero-order chi connectivity index (χ0) is 26.2. The van der Waals surface area contributed by atoms with E-state index in [1.807, 2.05) is 32.0 Å². The van der Waals surface area contributed by atoms with Gasteiger partial charge in [-0.3, -0.25) is 4.79 Å². The van der Waals surface area contributed by atoms with Crippen molar-refractivity contribution < 1.29 is 17.9 Å². The maximum absolute atomic E-state index is 13.1. The molecule has 1 N–H and O–H groups in total. The molecule has 1 amide bonds. The van der Waals surface area contributed by atoms with Gasteiger partial charge in [0.2, 0.25) is 15.2 Å². The maximum atomic E-state index is 13.1. The fraction of sp³-hybridized carbons (Fsp3) is 0.346. The highest BCUT2D eigenvalue weighted by atomic mass is 32.2. The Hall–Kier alpha value is -3.28. The van der Waals surface area contributed by atoms with Crippen LogP contribution in [0.5, 0.6) is 5.75 Å². The summed E-state index contributed by atoms with van der Waals surface area (Å²) >= 11 is 1.45. The Balaban J connectivity index is 1.37. The number of fused-ring (bicyclic) bond motifs is 1. The molecule has 1 aliphatic heterocycles. The highest BCUT2D eigenvalue weighted by Gasteiger charge is 2.28. The summed E-state index contributed by atoms with van der Waals surface area (Å²) in [5.74, 6) is 1.14. The van der Waals surface area contributed by atoms with Crippen LogP contribution in [0.3, 0.4) is 0 Å². The molecular weight excluding hydrogens is 510 g/mol. The number of thiazole rings is 1. The number of nitrogens with one attached hydrogen (secondary N) is 1. The van der Waals surface area contributed by atoms with Crippen LogP contribution in [0.15, 0.2) is 53.4 Å². The minimum Gasteiger partial charge on any atom is -0.492 e. The summed E-state index contributed by atoms with van der Waals surface area (Å²) in [6.07, 6.45) is 1.89. The molecule has 4 aromatic rings. The van der Waals surface area contributed by atoms with Gasteiger partial charge in [-0.1, -0.05) is 24.3 Å². The third kappa shape index (κ3) is 5.11. The average Bonchev–Trinajstić information content (AvgIpc) is 3.48. The molecule has 9 nitrogen and oxygen atoms in total. The first kappa shape index (κ1) is 25.4. The summed E-state index contributed by atoms with van der Waals surface area (Å²) in [5.41, 5.74) is 1.81. The first-order valence-electron chi connectivity index (χ1n) is 12.3. The molecule has 2 aromatic carbocycles. The van der Waals surface area contributed by atoms with Crippen LogP contribution in [0.1, 0.15) is 42.7 Å². The number of carbonyl (C=O) groups is 1. The number of sulfonamides is 1. The monoisotopic (exact) mass is 539 g/mol. The van der Waals surface area contributed by atoms with Crippen molar-refractivity contribution in [3.63, 3.8) is 0 Å². The van der Waals surface area contributed by atoms with Crippen molar-refractivity contribution in [2.75, 3.05) is 25.0 Å². The van der Waals surface area contributed by atoms with Crippen molar-refractivity contribution in [1.29, 1.82) is 0 Å². The number of ether oxygens (including phenoxy) is 1. The molecule has 37 heavy (non-hydrogen) atoms. The number of rotatable bonds is 7. The summed E-state index contributed by atoms with van der Waals surface area (Å²) in [4.78, 5) is 18.0. The van der Waals surface area contributed by atoms with E-state index in [2.05, 4.69) is 17.3 Å². The van der Waals surface area contributed by atoms with Gasteiger partial charge in [-0.25, -0.2) is 13.4 Å². The molecule has 5 rings (SSSR count). The second kappa shape index (κ2) is 10.2. The minimum atomic E-state index is -3.59. The number of para-hydroxylation sites is 1. The number of piperidine rings is 1. The van der Waals surface area contributed by atoms with E-state index in [1.54, 1.807) is 10.7 Å². The summed E-state index contributed by atoms with van der Waals surface area (Å²) in [6.45, 7) is 7.40. The number of anilines is 1. The smallest absolute Gasteiger partial charge is 0.256 e. The number of carbonyl (C=O) groups excluding carboxylic acids is 1. The summed E-state index contributed by atoms with van der Waals surface area (Å²) < 4.78 is 35.9. The van der Waals surface area contributed by atoms with Crippen LogP contribution in [0.25, 0.3) is 15.3 Å². The summed E-state index contributed by atoms with van der Waals surface area (Å²) in [6, 6.07) is 13.6. The van der Waals surface area contributed by atoms with E-state index in [1.165, 1.54) is 39.9 Å². The second-order valence-electron chi connectivity index (χ2n) is 9.20. The first-order chi connectivity index (χ1) is 17.8. The number of hydrogen-bond acceptors (Lipinski definition) is 7. The quantitative estimate of drug-likeness (QED) is 0.359. The molecule has 0 aliphatic carbocycles. The van der Waals surface area contributed by atoms with Gasteiger partial charge < -0.3 is 10.1 Å².